The lowest BCUT2D eigenvalue weighted by Gasteiger charge is -2.31. The van der Waals surface area contributed by atoms with E-state index < -0.39 is 0 Å². The molecule has 1 saturated heterocycles. The van der Waals surface area contributed by atoms with Crippen LogP contribution in [0.2, 0.25) is 0 Å². The van der Waals surface area contributed by atoms with E-state index in [-0.39, 0.29) is 5.41 Å². The lowest BCUT2D eigenvalue weighted by molar-refractivity contribution is -0.00545. The van der Waals surface area contributed by atoms with E-state index >= 15 is 0 Å². The maximum Gasteiger partial charge on any atom is 0.0486 e. The van der Waals surface area contributed by atoms with Gasteiger partial charge < -0.3 is 15.6 Å². The van der Waals surface area contributed by atoms with E-state index in [2.05, 4.69) is 13.8 Å². The Labute approximate surface area is 93.0 Å². The zero-order valence-corrected chi connectivity index (χ0v) is 10.1. The summed E-state index contributed by atoms with van der Waals surface area (Å²) in [6, 6.07) is 0. The second-order valence-corrected chi connectivity index (χ2v) is 5.60. The van der Waals surface area contributed by atoms with Gasteiger partial charge in [0, 0.05) is 19.8 Å². The highest BCUT2D eigenvalue weighted by Gasteiger charge is 2.35. The topological polar surface area (TPSA) is 55.5 Å². The molecule has 1 aliphatic heterocycles. The molecule has 0 aromatic rings. The van der Waals surface area contributed by atoms with Crippen molar-refractivity contribution < 1.29 is 9.84 Å². The van der Waals surface area contributed by atoms with Crippen LogP contribution in [0.15, 0.2) is 0 Å². The first-order valence-electron chi connectivity index (χ1n) is 5.92. The Balaban J connectivity index is 0.000000162. The molecule has 0 bridgehead atoms. The molecule has 2 aliphatic rings. The summed E-state index contributed by atoms with van der Waals surface area (Å²) in [5.41, 5.74) is 6.09. The smallest absolute Gasteiger partial charge is 0.0486 e. The minimum Gasteiger partial charge on any atom is -0.396 e. The van der Waals surface area contributed by atoms with Crippen LogP contribution in [0.5, 0.6) is 0 Å². The van der Waals surface area contributed by atoms with E-state index in [4.69, 9.17) is 15.6 Å². The van der Waals surface area contributed by atoms with Crippen LogP contribution >= 0.6 is 0 Å². The lowest BCUT2D eigenvalue weighted by atomic mass is 9.84. The van der Waals surface area contributed by atoms with Gasteiger partial charge >= 0.3 is 0 Å². The Morgan fingerprint density at radius 2 is 1.60 bits per heavy atom. The van der Waals surface area contributed by atoms with Gasteiger partial charge in [-0.25, -0.2) is 0 Å². The SMILES string of the molecule is CC1(CN)CC1.CC1(CO)CCOCC1. The number of hydrogen-bond acceptors (Lipinski definition) is 3. The molecule has 2 rings (SSSR count). The molecule has 1 heterocycles. The highest BCUT2D eigenvalue weighted by molar-refractivity contribution is 4.88. The molecule has 3 N–H and O–H groups in total. The summed E-state index contributed by atoms with van der Waals surface area (Å²) in [6.07, 6.45) is 4.71. The van der Waals surface area contributed by atoms with E-state index in [0.717, 1.165) is 32.6 Å². The molecule has 15 heavy (non-hydrogen) atoms. The van der Waals surface area contributed by atoms with Gasteiger partial charge in [0.05, 0.1) is 0 Å². The van der Waals surface area contributed by atoms with Gasteiger partial charge in [-0.05, 0) is 43.1 Å². The van der Waals surface area contributed by atoms with Crippen molar-refractivity contribution in [1.82, 2.24) is 0 Å². The van der Waals surface area contributed by atoms with Gasteiger partial charge in [0.15, 0.2) is 0 Å². The fraction of sp³-hybridized carbons (Fsp3) is 1.00. The summed E-state index contributed by atoms with van der Waals surface area (Å²) in [7, 11) is 0. The second kappa shape index (κ2) is 5.28. The van der Waals surface area contributed by atoms with Crippen molar-refractivity contribution in [3.8, 4) is 0 Å². The highest BCUT2D eigenvalue weighted by Crippen LogP contribution is 2.43. The minimum atomic E-state index is 0.151. The lowest BCUT2D eigenvalue weighted by Crippen LogP contribution is -2.29. The molecule has 3 heteroatoms. The average Bonchev–Trinajstić information content (AvgIpc) is 3.00. The summed E-state index contributed by atoms with van der Waals surface area (Å²) >= 11 is 0. The molecule has 1 saturated carbocycles. The average molecular weight is 215 g/mol. The maximum atomic E-state index is 8.89. The third-order valence-corrected chi connectivity index (χ3v) is 3.68. The minimum absolute atomic E-state index is 0.151. The number of rotatable bonds is 2. The van der Waals surface area contributed by atoms with Gasteiger partial charge in [0.25, 0.3) is 0 Å². The molecule has 90 valence electrons. The maximum absolute atomic E-state index is 8.89. The van der Waals surface area contributed by atoms with Crippen molar-refractivity contribution in [2.75, 3.05) is 26.4 Å². The Morgan fingerprint density at radius 1 is 1.07 bits per heavy atom. The molecule has 0 atom stereocenters. The number of nitrogens with two attached hydrogens (primary N) is 1. The van der Waals surface area contributed by atoms with Gasteiger partial charge in [-0.1, -0.05) is 13.8 Å². The normalized spacial score (nSPS) is 26.4. The Bertz CT molecular complexity index is 184. The van der Waals surface area contributed by atoms with Crippen LogP contribution in [0.1, 0.15) is 39.5 Å². The summed E-state index contributed by atoms with van der Waals surface area (Å²) in [6.45, 7) is 7.15. The van der Waals surface area contributed by atoms with Gasteiger partial charge in [-0.3, -0.25) is 0 Å². The standard InChI is InChI=1S/C7H14O2.C5H11N/c1-7(6-8)2-4-9-5-3-7;1-5(4-6)2-3-5/h8H,2-6H2,1H3;2-4,6H2,1H3. The van der Waals surface area contributed by atoms with E-state index in [0.29, 0.717) is 12.0 Å². The van der Waals surface area contributed by atoms with Crippen LogP contribution in [0.3, 0.4) is 0 Å². The van der Waals surface area contributed by atoms with Crippen molar-refractivity contribution in [2.45, 2.75) is 39.5 Å². The predicted molar refractivity (Wildman–Crippen MR) is 61.6 cm³/mol. The molecule has 0 spiro atoms. The molecule has 0 amide bonds. The van der Waals surface area contributed by atoms with Gasteiger partial charge in [-0.15, -0.1) is 0 Å². The molecule has 2 fully saturated rings. The zero-order valence-electron chi connectivity index (χ0n) is 10.1. The van der Waals surface area contributed by atoms with Gasteiger partial charge in [0.2, 0.25) is 0 Å². The molecule has 1 aliphatic carbocycles. The zero-order chi connectivity index (χ0) is 11.4. The highest BCUT2D eigenvalue weighted by atomic mass is 16.5. The van der Waals surface area contributed by atoms with Gasteiger partial charge in [0.1, 0.15) is 0 Å². The molecular formula is C12H25NO2. The Hall–Kier alpha value is -0.120. The molecule has 0 unspecified atom stereocenters. The predicted octanol–water partition coefficient (Wildman–Crippen LogP) is 1.54. The van der Waals surface area contributed by atoms with E-state index in [9.17, 15) is 0 Å². The largest absolute Gasteiger partial charge is 0.396 e. The Morgan fingerprint density at radius 3 is 1.80 bits per heavy atom. The summed E-state index contributed by atoms with van der Waals surface area (Å²) < 4.78 is 5.16. The third-order valence-electron chi connectivity index (χ3n) is 3.68. The number of aliphatic hydroxyl groups excluding tert-OH is 1. The quantitative estimate of drug-likeness (QED) is 0.734. The fourth-order valence-corrected chi connectivity index (χ4v) is 1.44. The molecule has 3 nitrogen and oxygen atoms in total. The monoisotopic (exact) mass is 215 g/mol. The van der Waals surface area contributed by atoms with E-state index in [1.165, 1.54) is 12.8 Å². The van der Waals surface area contributed by atoms with E-state index in [1.54, 1.807) is 0 Å². The van der Waals surface area contributed by atoms with Crippen LogP contribution in [-0.4, -0.2) is 31.5 Å². The first kappa shape index (κ1) is 12.9. The molecule has 0 radical (unpaired) electrons. The molecule has 0 aromatic carbocycles. The number of hydrogen-bond donors (Lipinski definition) is 2. The summed E-state index contributed by atoms with van der Waals surface area (Å²) in [4.78, 5) is 0. The van der Waals surface area contributed by atoms with Crippen LogP contribution in [-0.2, 0) is 4.74 Å². The van der Waals surface area contributed by atoms with Crippen LogP contribution in [0.25, 0.3) is 0 Å². The van der Waals surface area contributed by atoms with Crippen molar-refractivity contribution in [3.05, 3.63) is 0 Å². The van der Waals surface area contributed by atoms with Crippen LogP contribution < -0.4 is 5.73 Å². The van der Waals surface area contributed by atoms with Crippen molar-refractivity contribution in [3.63, 3.8) is 0 Å². The Kier molecular flexibility index (Phi) is 4.56. The van der Waals surface area contributed by atoms with Gasteiger partial charge in [-0.2, -0.15) is 0 Å². The molecule has 0 aromatic heterocycles. The van der Waals surface area contributed by atoms with Crippen LogP contribution in [0.4, 0.5) is 0 Å². The second-order valence-electron chi connectivity index (χ2n) is 5.60. The third kappa shape index (κ3) is 4.49. The van der Waals surface area contributed by atoms with Crippen molar-refractivity contribution in [1.29, 1.82) is 0 Å². The van der Waals surface area contributed by atoms with Crippen LogP contribution in [0, 0.1) is 10.8 Å². The van der Waals surface area contributed by atoms with Crippen molar-refractivity contribution >= 4 is 0 Å². The van der Waals surface area contributed by atoms with Crippen molar-refractivity contribution in [2.24, 2.45) is 16.6 Å². The fourth-order valence-electron chi connectivity index (χ4n) is 1.44. The number of ether oxygens (including phenoxy) is 1. The summed E-state index contributed by atoms with van der Waals surface area (Å²) in [5.74, 6) is 0. The number of aliphatic hydroxyl groups is 1. The molecular weight excluding hydrogens is 190 g/mol. The van der Waals surface area contributed by atoms with E-state index in [1.807, 2.05) is 0 Å². The first-order chi connectivity index (χ1) is 7.04. The first-order valence-corrected chi connectivity index (χ1v) is 5.92. The summed E-state index contributed by atoms with van der Waals surface area (Å²) in [5, 5.41) is 8.89.